The molecule has 0 aromatic rings. The van der Waals surface area contributed by atoms with Crippen molar-refractivity contribution in [2.24, 2.45) is 10.7 Å². The second-order valence-electron chi connectivity index (χ2n) is 1.05. The summed E-state index contributed by atoms with van der Waals surface area (Å²) in [4.78, 5) is 4.17. The minimum Gasteiger partial charge on any atom is -0.404 e. The second kappa shape index (κ2) is 4.67. The Kier molecular flexibility index (Phi) is 4.39. The van der Waals surface area contributed by atoms with Crippen molar-refractivity contribution in [3.8, 4) is 0 Å². The molecule has 8 heavy (non-hydrogen) atoms. The van der Waals surface area contributed by atoms with Crippen LogP contribution < -0.4 is 5.73 Å². The topological polar surface area (TPSA) is 58.6 Å². The number of nitrogens with zero attached hydrogens (tertiary/aromatic N) is 1. The third-order valence-corrected chi connectivity index (χ3v) is 0.978. The fourth-order valence-electron chi connectivity index (χ4n) is 0.224. The van der Waals surface area contributed by atoms with Crippen LogP contribution in [0.15, 0.2) is 16.1 Å². The molecule has 0 aromatic carbocycles. The summed E-state index contributed by atoms with van der Waals surface area (Å²) in [5, 5.41) is 0. The monoisotopic (exact) mass is 132 g/mol. The van der Waals surface area contributed by atoms with E-state index in [2.05, 4.69) is 4.99 Å². The maximum absolute atomic E-state index is 8.33. The highest BCUT2D eigenvalue weighted by molar-refractivity contribution is 7.98. The lowest BCUT2D eigenvalue weighted by Gasteiger charge is -1.86. The molecule has 0 atom stereocenters. The maximum Gasteiger partial charge on any atom is 0.0683 e. The molecule has 0 aromatic heterocycles. The summed E-state index contributed by atoms with van der Waals surface area (Å²) in [6.45, 7) is 0. The van der Waals surface area contributed by atoms with Gasteiger partial charge in [0.05, 0.1) is 4.91 Å². The highest BCUT2D eigenvalue weighted by Crippen LogP contribution is 2.04. The van der Waals surface area contributed by atoms with Gasteiger partial charge in [0.1, 0.15) is 0 Å². The molecule has 0 spiro atoms. The summed E-state index contributed by atoms with van der Waals surface area (Å²) in [6, 6.07) is 0. The Morgan fingerprint density at radius 3 is 2.62 bits per heavy atom. The molecule has 0 heterocycles. The van der Waals surface area contributed by atoms with Crippen molar-refractivity contribution in [3.63, 3.8) is 0 Å². The van der Waals surface area contributed by atoms with Crippen molar-refractivity contribution in [1.82, 2.24) is 0 Å². The van der Waals surface area contributed by atoms with E-state index < -0.39 is 0 Å². The molecule has 0 bridgehead atoms. The lowest BCUT2D eigenvalue weighted by atomic mass is 10.6. The Hall–Kier alpha value is -0.480. The second-order valence-corrected chi connectivity index (χ2v) is 1.70. The van der Waals surface area contributed by atoms with Crippen LogP contribution >= 0.6 is 12.0 Å². The molecule has 0 unspecified atom stereocenters. The molecule has 0 rings (SSSR count). The fraction of sp³-hybridized carbons (Fsp3) is 0.250. The van der Waals surface area contributed by atoms with Gasteiger partial charge in [-0.3, -0.25) is 4.99 Å². The lowest BCUT2D eigenvalue weighted by Crippen LogP contribution is -1.84. The standard InChI is InChI=1S/C4H8N2OS/c1-6-3-4(2-5)8-7/h2-3,7H,5H2,1H3. The first-order valence-electron chi connectivity index (χ1n) is 2.00. The minimum atomic E-state index is 0.549. The summed E-state index contributed by atoms with van der Waals surface area (Å²) in [5.41, 5.74) is 5.04. The van der Waals surface area contributed by atoms with E-state index in [1.165, 1.54) is 12.4 Å². The van der Waals surface area contributed by atoms with E-state index in [0.29, 0.717) is 16.9 Å². The molecule has 0 fully saturated rings. The number of allylic oxidation sites excluding steroid dienone is 1. The summed E-state index contributed by atoms with van der Waals surface area (Å²) in [5.74, 6) is 0. The van der Waals surface area contributed by atoms with E-state index in [1.54, 1.807) is 7.05 Å². The number of aliphatic imine (C=N–C) groups is 1. The molecule has 0 saturated heterocycles. The number of rotatable bonds is 2. The Balaban J connectivity index is 3.72. The molecule has 0 aliphatic rings. The van der Waals surface area contributed by atoms with Gasteiger partial charge >= 0.3 is 0 Å². The molecule has 0 saturated carbocycles. The van der Waals surface area contributed by atoms with E-state index in [-0.39, 0.29) is 0 Å². The van der Waals surface area contributed by atoms with Crippen molar-refractivity contribution in [1.29, 1.82) is 0 Å². The van der Waals surface area contributed by atoms with Crippen molar-refractivity contribution < 1.29 is 4.55 Å². The zero-order valence-electron chi connectivity index (χ0n) is 4.53. The zero-order chi connectivity index (χ0) is 6.41. The Bertz CT molecular complexity index is 108. The predicted molar refractivity (Wildman–Crippen MR) is 36.9 cm³/mol. The number of hydrogen-bond acceptors (Lipinski definition) is 4. The number of hydrogen-bond donors (Lipinski definition) is 2. The SMILES string of the molecule is CN=CC(=CN)SO. The van der Waals surface area contributed by atoms with Gasteiger partial charge in [-0.25, -0.2) is 0 Å². The van der Waals surface area contributed by atoms with Crippen molar-refractivity contribution in [3.05, 3.63) is 11.1 Å². The summed E-state index contributed by atoms with van der Waals surface area (Å²) < 4.78 is 8.33. The fourth-order valence-corrected chi connectivity index (χ4v) is 0.438. The molecule has 3 N–H and O–H groups in total. The summed E-state index contributed by atoms with van der Waals surface area (Å²) in [6.07, 6.45) is 2.77. The summed E-state index contributed by atoms with van der Waals surface area (Å²) in [7, 11) is 1.61. The van der Waals surface area contributed by atoms with Crippen LogP contribution in [0.25, 0.3) is 0 Å². The minimum absolute atomic E-state index is 0.549. The average Bonchev–Trinajstić information content (AvgIpc) is 1.83. The molecule has 0 radical (unpaired) electrons. The van der Waals surface area contributed by atoms with Crippen LogP contribution in [0.2, 0.25) is 0 Å². The van der Waals surface area contributed by atoms with Gasteiger partial charge in [0.2, 0.25) is 0 Å². The Morgan fingerprint density at radius 1 is 1.88 bits per heavy atom. The highest BCUT2D eigenvalue weighted by Gasteiger charge is 1.84. The van der Waals surface area contributed by atoms with Crippen molar-refractivity contribution in [2.75, 3.05) is 7.05 Å². The van der Waals surface area contributed by atoms with Crippen LogP contribution in [0.1, 0.15) is 0 Å². The van der Waals surface area contributed by atoms with Gasteiger partial charge in [0.15, 0.2) is 0 Å². The normalized spacial score (nSPS) is 13.0. The van der Waals surface area contributed by atoms with Gasteiger partial charge in [-0.15, -0.1) is 0 Å². The average molecular weight is 132 g/mol. The molecular weight excluding hydrogens is 124 g/mol. The molecule has 0 aliphatic heterocycles. The first kappa shape index (κ1) is 7.52. The van der Waals surface area contributed by atoms with Gasteiger partial charge < -0.3 is 10.3 Å². The van der Waals surface area contributed by atoms with Gasteiger partial charge in [-0.1, -0.05) is 0 Å². The molecule has 4 heteroatoms. The van der Waals surface area contributed by atoms with Crippen LogP contribution in [0.4, 0.5) is 0 Å². The maximum atomic E-state index is 8.33. The van der Waals surface area contributed by atoms with Crippen LogP contribution in [0.3, 0.4) is 0 Å². The smallest absolute Gasteiger partial charge is 0.0683 e. The van der Waals surface area contributed by atoms with E-state index in [9.17, 15) is 0 Å². The third kappa shape index (κ3) is 2.65. The Labute approximate surface area is 52.5 Å². The molecule has 0 amide bonds. The zero-order valence-corrected chi connectivity index (χ0v) is 5.35. The Morgan fingerprint density at radius 2 is 2.50 bits per heavy atom. The van der Waals surface area contributed by atoms with Crippen molar-refractivity contribution >= 4 is 18.3 Å². The quantitative estimate of drug-likeness (QED) is 0.429. The van der Waals surface area contributed by atoms with Crippen LogP contribution in [-0.2, 0) is 0 Å². The van der Waals surface area contributed by atoms with Crippen LogP contribution in [-0.4, -0.2) is 17.8 Å². The largest absolute Gasteiger partial charge is 0.404 e. The van der Waals surface area contributed by atoms with E-state index >= 15 is 0 Å². The van der Waals surface area contributed by atoms with Crippen LogP contribution in [0.5, 0.6) is 0 Å². The molecule has 3 nitrogen and oxygen atoms in total. The lowest BCUT2D eigenvalue weighted by molar-refractivity contribution is 0.670. The number of nitrogens with two attached hydrogens (primary N) is 1. The predicted octanol–water partition coefficient (Wildman–Crippen LogP) is 0.693. The van der Waals surface area contributed by atoms with Gasteiger partial charge in [-0.2, -0.15) is 0 Å². The summed E-state index contributed by atoms with van der Waals surface area (Å²) >= 11 is 0.581. The van der Waals surface area contributed by atoms with E-state index in [0.717, 1.165) is 0 Å². The van der Waals surface area contributed by atoms with E-state index in [4.69, 9.17) is 10.3 Å². The first-order chi connectivity index (χ1) is 3.85. The van der Waals surface area contributed by atoms with Crippen molar-refractivity contribution in [2.45, 2.75) is 0 Å². The van der Waals surface area contributed by atoms with Gasteiger partial charge in [0, 0.05) is 31.5 Å². The third-order valence-electron chi connectivity index (χ3n) is 0.526. The molecule has 0 aliphatic carbocycles. The van der Waals surface area contributed by atoms with E-state index in [1.807, 2.05) is 0 Å². The highest BCUT2D eigenvalue weighted by atomic mass is 32.2. The van der Waals surface area contributed by atoms with Gasteiger partial charge in [0.25, 0.3) is 0 Å². The molecule has 46 valence electrons. The molecular formula is C4H8N2OS. The van der Waals surface area contributed by atoms with Gasteiger partial charge in [-0.05, 0) is 0 Å². The van der Waals surface area contributed by atoms with Crippen LogP contribution in [0, 0.1) is 0 Å². The first-order valence-corrected chi connectivity index (χ1v) is 2.78.